The fourth-order valence-corrected chi connectivity index (χ4v) is 1.38. The van der Waals surface area contributed by atoms with E-state index in [1.165, 1.54) is 19.3 Å². The molecule has 0 saturated carbocycles. The molecule has 0 aromatic carbocycles. The maximum absolute atomic E-state index is 3.89. The lowest BCUT2D eigenvalue weighted by Crippen LogP contribution is -2.30. The van der Waals surface area contributed by atoms with Crippen molar-refractivity contribution in [2.24, 2.45) is 5.41 Å². The van der Waals surface area contributed by atoms with Crippen molar-refractivity contribution in [3.8, 4) is 0 Å². The summed E-state index contributed by atoms with van der Waals surface area (Å²) >= 11 is 0. The van der Waals surface area contributed by atoms with Gasteiger partial charge in [-0.15, -0.1) is 6.58 Å². The molecule has 0 aromatic heterocycles. The lowest BCUT2D eigenvalue weighted by molar-refractivity contribution is 0.361. The Balaban J connectivity index is 3.71. The first-order valence-electron chi connectivity index (χ1n) is 5.03. The smallest absolute Gasteiger partial charge is 0.00397 e. The van der Waals surface area contributed by atoms with Gasteiger partial charge in [0.05, 0.1) is 0 Å². The van der Waals surface area contributed by atoms with E-state index in [4.69, 9.17) is 0 Å². The van der Waals surface area contributed by atoms with Crippen LogP contribution in [-0.2, 0) is 0 Å². The number of hydrogen-bond acceptors (Lipinski definition) is 1. The second kappa shape index (κ2) is 6.24. The van der Waals surface area contributed by atoms with Gasteiger partial charge in [-0.2, -0.15) is 0 Å². The van der Waals surface area contributed by atoms with Gasteiger partial charge in [0.1, 0.15) is 0 Å². The molecule has 0 aromatic rings. The average molecular weight is 169 g/mol. The van der Waals surface area contributed by atoms with Crippen LogP contribution in [0.5, 0.6) is 0 Å². The minimum Gasteiger partial charge on any atom is -0.316 e. The van der Waals surface area contributed by atoms with Gasteiger partial charge in [0, 0.05) is 6.54 Å². The van der Waals surface area contributed by atoms with Crippen LogP contribution in [0, 0.1) is 5.41 Å². The van der Waals surface area contributed by atoms with Crippen LogP contribution in [0.1, 0.15) is 40.0 Å². The van der Waals surface area contributed by atoms with Crippen molar-refractivity contribution in [3.05, 3.63) is 12.7 Å². The highest BCUT2D eigenvalue weighted by Gasteiger charge is 2.17. The van der Waals surface area contributed by atoms with Gasteiger partial charge < -0.3 is 5.32 Å². The molecule has 0 heterocycles. The molecule has 1 unspecified atom stereocenters. The predicted molar refractivity (Wildman–Crippen MR) is 56.4 cm³/mol. The van der Waals surface area contributed by atoms with Crippen molar-refractivity contribution in [2.45, 2.75) is 40.0 Å². The van der Waals surface area contributed by atoms with Crippen molar-refractivity contribution in [2.75, 3.05) is 13.1 Å². The van der Waals surface area contributed by atoms with E-state index in [1.54, 1.807) is 0 Å². The molecule has 0 radical (unpaired) electrons. The molecular weight excluding hydrogens is 146 g/mol. The zero-order valence-electron chi connectivity index (χ0n) is 8.82. The lowest BCUT2D eigenvalue weighted by Gasteiger charge is -2.25. The lowest BCUT2D eigenvalue weighted by atomic mass is 9.86. The van der Waals surface area contributed by atoms with Crippen LogP contribution >= 0.6 is 0 Å². The van der Waals surface area contributed by atoms with Crippen LogP contribution in [0.3, 0.4) is 0 Å². The normalized spacial score (nSPS) is 15.6. The molecule has 0 saturated heterocycles. The van der Waals surface area contributed by atoms with Gasteiger partial charge >= 0.3 is 0 Å². The molecule has 0 fully saturated rings. The standard InChI is InChI=1S/C11H23N/c1-5-8-11(4,7-3)10-12-9-6-2/h7,12H,3,5-6,8-10H2,1-2,4H3. The molecule has 0 amide bonds. The second-order valence-electron chi connectivity index (χ2n) is 3.78. The Kier molecular flexibility index (Phi) is 6.09. The Hall–Kier alpha value is -0.300. The highest BCUT2D eigenvalue weighted by molar-refractivity contribution is 4.92. The van der Waals surface area contributed by atoms with E-state index >= 15 is 0 Å². The third kappa shape index (κ3) is 4.55. The molecule has 1 N–H and O–H groups in total. The van der Waals surface area contributed by atoms with Crippen LogP contribution in [0.15, 0.2) is 12.7 Å². The van der Waals surface area contributed by atoms with E-state index < -0.39 is 0 Å². The minimum atomic E-state index is 0.296. The maximum Gasteiger partial charge on any atom is 0.00397 e. The molecule has 0 bridgehead atoms. The van der Waals surface area contributed by atoms with E-state index in [1.807, 2.05) is 0 Å². The quantitative estimate of drug-likeness (QED) is 0.456. The van der Waals surface area contributed by atoms with Crippen LogP contribution < -0.4 is 5.32 Å². The van der Waals surface area contributed by atoms with Gasteiger partial charge in [-0.1, -0.05) is 33.3 Å². The Bertz CT molecular complexity index is 120. The van der Waals surface area contributed by atoms with Crippen molar-refractivity contribution in [1.82, 2.24) is 5.32 Å². The molecular formula is C11H23N. The van der Waals surface area contributed by atoms with E-state index in [0.717, 1.165) is 13.1 Å². The minimum absolute atomic E-state index is 0.296. The molecule has 0 aliphatic heterocycles. The van der Waals surface area contributed by atoms with E-state index in [9.17, 15) is 0 Å². The molecule has 0 aliphatic rings. The van der Waals surface area contributed by atoms with E-state index in [0.29, 0.717) is 5.41 Å². The Morgan fingerprint density at radius 3 is 2.42 bits per heavy atom. The Morgan fingerprint density at radius 2 is 2.00 bits per heavy atom. The van der Waals surface area contributed by atoms with Crippen molar-refractivity contribution < 1.29 is 0 Å². The topological polar surface area (TPSA) is 12.0 Å². The van der Waals surface area contributed by atoms with Gasteiger partial charge in [-0.05, 0) is 24.8 Å². The third-order valence-electron chi connectivity index (χ3n) is 2.27. The SMILES string of the molecule is C=CC(C)(CCC)CNCCC. The number of hydrogen-bond donors (Lipinski definition) is 1. The first-order valence-corrected chi connectivity index (χ1v) is 5.03. The molecule has 1 atom stereocenters. The zero-order valence-corrected chi connectivity index (χ0v) is 8.82. The molecule has 0 spiro atoms. The Labute approximate surface area is 77.2 Å². The fourth-order valence-electron chi connectivity index (χ4n) is 1.38. The van der Waals surface area contributed by atoms with Gasteiger partial charge in [-0.25, -0.2) is 0 Å². The van der Waals surface area contributed by atoms with E-state index in [2.05, 4.69) is 38.7 Å². The third-order valence-corrected chi connectivity index (χ3v) is 2.27. The summed E-state index contributed by atoms with van der Waals surface area (Å²) in [5, 5.41) is 3.44. The van der Waals surface area contributed by atoms with Gasteiger partial charge in [-0.3, -0.25) is 0 Å². The summed E-state index contributed by atoms with van der Waals surface area (Å²) in [5.41, 5.74) is 0.296. The van der Waals surface area contributed by atoms with E-state index in [-0.39, 0.29) is 0 Å². The zero-order chi connectivity index (χ0) is 9.45. The molecule has 1 nitrogen and oxygen atoms in total. The van der Waals surface area contributed by atoms with Crippen LogP contribution in [-0.4, -0.2) is 13.1 Å². The van der Waals surface area contributed by atoms with Gasteiger partial charge in [0.15, 0.2) is 0 Å². The highest BCUT2D eigenvalue weighted by Crippen LogP contribution is 2.22. The number of rotatable bonds is 7. The molecule has 72 valence electrons. The van der Waals surface area contributed by atoms with Crippen LogP contribution in [0.25, 0.3) is 0 Å². The summed E-state index contributed by atoms with van der Waals surface area (Å²) < 4.78 is 0. The highest BCUT2D eigenvalue weighted by atomic mass is 14.9. The Morgan fingerprint density at radius 1 is 1.33 bits per heavy atom. The average Bonchev–Trinajstić information content (AvgIpc) is 2.06. The summed E-state index contributed by atoms with van der Waals surface area (Å²) in [5.74, 6) is 0. The monoisotopic (exact) mass is 169 g/mol. The van der Waals surface area contributed by atoms with Crippen molar-refractivity contribution >= 4 is 0 Å². The molecule has 12 heavy (non-hydrogen) atoms. The maximum atomic E-state index is 3.89. The first-order chi connectivity index (χ1) is 5.68. The number of nitrogens with one attached hydrogen (secondary N) is 1. The summed E-state index contributed by atoms with van der Waals surface area (Å²) in [4.78, 5) is 0. The fraction of sp³-hybridized carbons (Fsp3) is 0.818. The second-order valence-corrected chi connectivity index (χ2v) is 3.78. The summed E-state index contributed by atoms with van der Waals surface area (Å²) in [6.45, 7) is 12.8. The predicted octanol–water partition coefficient (Wildman–Crippen LogP) is 2.98. The van der Waals surface area contributed by atoms with Gasteiger partial charge in [0.25, 0.3) is 0 Å². The largest absolute Gasteiger partial charge is 0.316 e. The summed E-state index contributed by atoms with van der Waals surface area (Å²) in [6, 6.07) is 0. The van der Waals surface area contributed by atoms with Crippen LogP contribution in [0.4, 0.5) is 0 Å². The van der Waals surface area contributed by atoms with Gasteiger partial charge in [0.2, 0.25) is 0 Å². The summed E-state index contributed by atoms with van der Waals surface area (Å²) in [6.07, 6.45) is 5.75. The molecule has 0 aliphatic carbocycles. The first kappa shape index (κ1) is 11.7. The van der Waals surface area contributed by atoms with Crippen molar-refractivity contribution in [3.63, 3.8) is 0 Å². The van der Waals surface area contributed by atoms with Crippen molar-refractivity contribution in [1.29, 1.82) is 0 Å². The van der Waals surface area contributed by atoms with Crippen LogP contribution in [0.2, 0.25) is 0 Å². The molecule has 1 heteroatoms. The summed E-state index contributed by atoms with van der Waals surface area (Å²) in [7, 11) is 0. The molecule has 0 rings (SSSR count).